The van der Waals surface area contributed by atoms with Crippen molar-refractivity contribution in [2.45, 2.75) is 61.6 Å². The molecule has 0 fully saturated rings. The predicted molar refractivity (Wildman–Crippen MR) is 142 cm³/mol. The molecule has 2 heterocycles. The van der Waals surface area contributed by atoms with E-state index in [0.717, 1.165) is 37.4 Å². The zero-order valence-electron chi connectivity index (χ0n) is 22.2. The molecular formula is C25H31N7O3S2. The molecular weight excluding hydrogens is 510 g/mol. The summed E-state index contributed by atoms with van der Waals surface area (Å²) in [6, 6.07) is 7.67. The number of rotatable bonds is 4. The maximum atomic E-state index is 12.7. The summed E-state index contributed by atoms with van der Waals surface area (Å²) in [5.41, 5.74) is 6.20. The average molecular weight is 542 g/mol. The van der Waals surface area contributed by atoms with Gasteiger partial charge in [-0.3, -0.25) is 5.10 Å². The standard InChI is InChI=1S/C14H18N4O2S.C11H13N3OS/c1-9-6-10(2)12(11(3)7-9)21(20)13-15-8-18(16-13)14(19)17(4)5;1-7-4-8(2)10(9(3)5-7)16(15)11-12-6-13-14-11/h6-8H,1-5H3;4-6H,1-3H3,(H,12,13,14). The van der Waals surface area contributed by atoms with Crippen LogP contribution in [0.4, 0.5) is 4.79 Å². The number of hydrogen-bond acceptors (Lipinski definition) is 7. The first-order chi connectivity index (χ1) is 17.4. The van der Waals surface area contributed by atoms with E-state index in [0.29, 0.717) is 10.1 Å². The highest BCUT2D eigenvalue weighted by Gasteiger charge is 2.19. The molecule has 0 aliphatic heterocycles. The molecule has 0 aliphatic rings. The fraction of sp³-hybridized carbons (Fsp3) is 0.320. The van der Waals surface area contributed by atoms with Gasteiger partial charge in [0, 0.05) is 14.1 Å². The van der Waals surface area contributed by atoms with E-state index in [2.05, 4.69) is 25.3 Å². The van der Waals surface area contributed by atoms with Gasteiger partial charge < -0.3 is 4.90 Å². The summed E-state index contributed by atoms with van der Waals surface area (Å²) in [4.78, 5) is 22.6. The summed E-state index contributed by atoms with van der Waals surface area (Å²) in [6.07, 6.45) is 2.65. The SMILES string of the molecule is Cc1cc(C)c(S(=O)c2ncn(C(=O)N(C)C)n2)c(C)c1.Cc1cc(C)c(S(=O)c2ncn[nH]2)c(C)c1. The van der Waals surface area contributed by atoms with Gasteiger partial charge in [0.15, 0.2) is 0 Å². The number of aromatic nitrogens is 6. The number of hydrogen-bond donors (Lipinski definition) is 1. The lowest BCUT2D eigenvalue weighted by molar-refractivity contribution is 0.215. The molecule has 2 atom stereocenters. The molecule has 0 bridgehead atoms. The molecule has 4 rings (SSSR count). The molecule has 4 aromatic rings. The number of carbonyl (C=O) groups is 1. The van der Waals surface area contributed by atoms with E-state index < -0.39 is 21.6 Å². The molecule has 196 valence electrons. The van der Waals surface area contributed by atoms with E-state index in [4.69, 9.17) is 0 Å². The van der Waals surface area contributed by atoms with E-state index in [1.807, 2.05) is 65.8 Å². The van der Waals surface area contributed by atoms with Crippen LogP contribution in [0.5, 0.6) is 0 Å². The van der Waals surface area contributed by atoms with Gasteiger partial charge in [0.05, 0.1) is 9.79 Å². The van der Waals surface area contributed by atoms with Crippen molar-refractivity contribution in [3.05, 3.63) is 70.3 Å². The Kier molecular flexibility index (Phi) is 8.87. The average Bonchev–Trinajstić information content (AvgIpc) is 3.50. The van der Waals surface area contributed by atoms with Gasteiger partial charge in [0.2, 0.25) is 10.3 Å². The summed E-state index contributed by atoms with van der Waals surface area (Å²) in [7, 11) is 0.463. The van der Waals surface area contributed by atoms with Crippen LogP contribution in [0.3, 0.4) is 0 Å². The molecule has 0 saturated carbocycles. The van der Waals surface area contributed by atoms with Gasteiger partial charge in [-0.05, 0) is 63.8 Å². The van der Waals surface area contributed by atoms with Crippen LogP contribution < -0.4 is 0 Å². The lowest BCUT2D eigenvalue weighted by Gasteiger charge is -2.09. The third-order valence-corrected chi connectivity index (χ3v) is 8.46. The minimum absolute atomic E-state index is 0.139. The van der Waals surface area contributed by atoms with Crippen molar-refractivity contribution in [2.24, 2.45) is 0 Å². The Morgan fingerprint density at radius 3 is 1.73 bits per heavy atom. The predicted octanol–water partition coefficient (Wildman–Crippen LogP) is 3.80. The Labute approximate surface area is 221 Å². The Bertz CT molecular complexity index is 1430. The van der Waals surface area contributed by atoms with Gasteiger partial charge >= 0.3 is 6.03 Å². The highest BCUT2D eigenvalue weighted by molar-refractivity contribution is 7.85. The lowest BCUT2D eigenvalue weighted by atomic mass is 10.1. The molecule has 10 nitrogen and oxygen atoms in total. The van der Waals surface area contributed by atoms with Crippen molar-refractivity contribution < 1.29 is 13.2 Å². The Morgan fingerprint density at radius 1 is 0.811 bits per heavy atom. The van der Waals surface area contributed by atoms with Crippen LogP contribution in [0, 0.1) is 41.5 Å². The van der Waals surface area contributed by atoms with E-state index in [1.165, 1.54) is 23.1 Å². The van der Waals surface area contributed by atoms with Crippen molar-refractivity contribution in [3.63, 3.8) is 0 Å². The van der Waals surface area contributed by atoms with E-state index in [9.17, 15) is 13.2 Å². The first-order valence-corrected chi connectivity index (χ1v) is 13.7. The van der Waals surface area contributed by atoms with Gasteiger partial charge in [0.1, 0.15) is 34.3 Å². The molecule has 2 aromatic heterocycles. The molecule has 2 aromatic carbocycles. The summed E-state index contributed by atoms with van der Waals surface area (Å²) in [5.74, 6) is 0. The Balaban J connectivity index is 0.000000213. The third-order valence-electron chi connectivity index (χ3n) is 5.36. The number of amides is 1. The molecule has 0 saturated heterocycles. The van der Waals surface area contributed by atoms with Crippen molar-refractivity contribution in [1.29, 1.82) is 0 Å². The number of nitrogens with zero attached hydrogens (tertiary/aromatic N) is 6. The number of carbonyl (C=O) groups excluding carboxylic acids is 1. The Morgan fingerprint density at radius 2 is 1.30 bits per heavy atom. The molecule has 0 spiro atoms. The maximum Gasteiger partial charge on any atom is 0.345 e. The number of aromatic amines is 1. The largest absolute Gasteiger partial charge is 0.345 e. The quantitative estimate of drug-likeness (QED) is 0.416. The van der Waals surface area contributed by atoms with Crippen LogP contribution in [0.1, 0.15) is 33.4 Å². The van der Waals surface area contributed by atoms with Crippen molar-refractivity contribution in [2.75, 3.05) is 14.1 Å². The third kappa shape index (κ3) is 6.44. The monoisotopic (exact) mass is 541 g/mol. The van der Waals surface area contributed by atoms with E-state index in [1.54, 1.807) is 14.1 Å². The molecule has 0 aliphatic carbocycles. The number of H-pyrrole nitrogens is 1. The highest BCUT2D eigenvalue weighted by atomic mass is 32.2. The number of benzene rings is 2. The molecule has 0 radical (unpaired) electrons. The van der Waals surface area contributed by atoms with E-state index >= 15 is 0 Å². The summed E-state index contributed by atoms with van der Waals surface area (Å²) < 4.78 is 26.0. The molecule has 1 N–H and O–H groups in total. The number of nitrogens with one attached hydrogen (secondary N) is 1. The van der Waals surface area contributed by atoms with Gasteiger partial charge in [-0.25, -0.2) is 23.2 Å². The second-order valence-corrected chi connectivity index (χ2v) is 11.6. The van der Waals surface area contributed by atoms with Gasteiger partial charge in [-0.1, -0.05) is 35.4 Å². The first kappa shape index (κ1) is 28.1. The summed E-state index contributed by atoms with van der Waals surface area (Å²) >= 11 is 0. The minimum atomic E-state index is -1.50. The van der Waals surface area contributed by atoms with Crippen LogP contribution in [-0.2, 0) is 21.6 Å². The van der Waals surface area contributed by atoms with Gasteiger partial charge in [0.25, 0.3) is 0 Å². The fourth-order valence-corrected chi connectivity index (χ4v) is 6.38. The van der Waals surface area contributed by atoms with Crippen LogP contribution in [0.15, 0.2) is 57.0 Å². The van der Waals surface area contributed by atoms with Crippen molar-refractivity contribution >= 4 is 27.6 Å². The zero-order chi connectivity index (χ0) is 27.4. The van der Waals surface area contributed by atoms with Crippen LogP contribution in [0.25, 0.3) is 0 Å². The van der Waals surface area contributed by atoms with Crippen molar-refractivity contribution in [1.82, 2.24) is 34.8 Å². The highest BCUT2D eigenvalue weighted by Crippen LogP contribution is 2.24. The summed E-state index contributed by atoms with van der Waals surface area (Å²) in [6.45, 7) is 11.8. The maximum absolute atomic E-state index is 12.7. The van der Waals surface area contributed by atoms with Crippen LogP contribution in [-0.4, -0.2) is 63.4 Å². The zero-order valence-corrected chi connectivity index (χ0v) is 23.8. The number of aryl methyl sites for hydroxylation is 6. The van der Waals surface area contributed by atoms with Crippen LogP contribution >= 0.6 is 0 Å². The second kappa shape index (κ2) is 11.7. The topological polar surface area (TPSA) is 127 Å². The first-order valence-electron chi connectivity index (χ1n) is 11.4. The van der Waals surface area contributed by atoms with Gasteiger partial charge in [-0.2, -0.15) is 9.78 Å². The summed E-state index contributed by atoms with van der Waals surface area (Å²) in [5, 5.41) is 10.9. The Hall–Kier alpha value is -3.51. The van der Waals surface area contributed by atoms with Crippen molar-refractivity contribution in [3.8, 4) is 0 Å². The minimum Gasteiger partial charge on any atom is -0.329 e. The molecule has 12 heteroatoms. The molecule has 2 unspecified atom stereocenters. The molecule has 1 amide bonds. The normalized spacial score (nSPS) is 12.4. The lowest BCUT2D eigenvalue weighted by Crippen LogP contribution is -2.27. The fourth-order valence-electron chi connectivity index (χ4n) is 4.02. The molecule has 37 heavy (non-hydrogen) atoms. The smallest absolute Gasteiger partial charge is 0.329 e. The van der Waals surface area contributed by atoms with Crippen LogP contribution in [0.2, 0.25) is 0 Å². The van der Waals surface area contributed by atoms with E-state index in [-0.39, 0.29) is 11.2 Å². The second-order valence-electron chi connectivity index (χ2n) is 8.93. The van der Waals surface area contributed by atoms with Gasteiger partial charge in [-0.15, -0.1) is 5.10 Å².